The van der Waals surface area contributed by atoms with Crippen LogP contribution in [0.1, 0.15) is 43.2 Å². The standard InChI is InChI=1S/C15H21N3/c16-15(17-12-7-4-8-12)18-14-10-3-6-11-5-1-2-9-13(11)14/h3,6,10,12H,1-2,4-5,7-9H2,(H3,16,17,18). The van der Waals surface area contributed by atoms with E-state index in [2.05, 4.69) is 28.5 Å². The maximum absolute atomic E-state index is 5.99. The number of anilines is 1. The van der Waals surface area contributed by atoms with E-state index >= 15 is 0 Å². The lowest BCUT2D eigenvalue weighted by Gasteiger charge is -2.23. The van der Waals surface area contributed by atoms with Crippen LogP contribution in [0.25, 0.3) is 0 Å². The van der Waals surface area contributed by atoms with E-state index in [9.17, 15) is 0 Å². The van der Waals surface area contributed by atoms with Crippen LogP contribution in [-0.4, -0.2) is 12.0 Å². The Hall–Kier alpha value is -1.51. The average Bonchev–Trinajstić information content (AvgIpc) is 2.34. The van der Waals surface area contributed by atoms with Gasteiger partial charge < -0.3 is 11.1 Å². The van der Waals surface area contributed by atoms with Crippen LogP contribution in [-0.2, 0) is 12.8 Å². The fourth-order valence-electron chi connectivity index (χ4n) is 2.78. The number of guanidine groups is 1. The van der Waals surface area contributed by atoms with Gasteiger partial charge in [0.2, 0.25) is 0 Å². The first-order valence-electron chi connectivity index (χ1n) is 7.04. The Kier molecular flexibility index (Phi) is 3.22. The van der Waals surface area contributed by atoms with Gasteiger partial charge in [-0.05, 0) is 62.1 Å². The van der Waals surface area contributed by atoms with Gasteiger partial charge in [0.15, 0.2) is 5.96 Å². The van der Waals surface area contributed by atoms with Crippen molar-refractivity contribution in [3.63, 3.8) is 0 Å². The molecule has 2 aliphatic carbocycles. The van der Waals surface area contributed by atoms with E-state index in [-0.39, 0.29) is 0 Å². The molecule has 1 aromatic carbocycles. The topological polar surface area (TPSA) is 50.4 Å². The molecule has 0 bridgehead atoms. The zero-order chi connectivity index (χ0) is 12.4. The molecule has 1 fully saturated rings. The Balaban J connectivity index is 1.77. The summed E-state index contributed by atoms with van der Waals surface area (Å²) in [5.41, 5.74) is 10.1. The van der Waals surface area contributed by atoms with Crippen molar-refractivity contribution in [3.8, 4) is 0 Å². The predicted molar refractivity (Wildman–Crippen MR) is 76.0 cm³/mol. The SMILES string of the molecule is NC(=NC1CCC1)Nc1cccc2c1CCCC2. The third kappa shape index (κ3) is 2.35. The second kappa shape index (κ2) is 5.01. The molecule has 1 saturated carbocycles. The number of nitrogens with one attached hydrogen (secondary N) is 1. The summed E-state index contributed by atoms with van der Waals surface area (Å²) in [5.74, 6) is 0.582. The highest BCUT2D eigenvalue weighted by atomic mass is 15.1. The van der Waals surface area contributed by atoms with Crippen LogP contribution in [0.4, 0.5) is 5.69 Å². The minimum Gasteiger partial charge on any atom is -0.370 e. The van der Waals surface area contributed by atoms with Crippen molar-refractivity contribution in [2.75, 3.05) is 5.32 Å². The molecule has 3 nitrogen and oxygen atoms in total. The molecule has 0 spiro atoms. The first kappa shape index (κ1) is 11.6. The van der Waals surface area contributed by atoms with Crippen LogP contribution in [0.5, 0.6) is 0 Å². The zero-order valence-electron chi connectivity index (χ0n) is 10.8. The highest BCUT2D eigenvalue weighted by Gasteiger charge is 2.17. The van der Waals surface area contributed by atoms with Gasteiger partial charge in [-0.3, -0.25) is 0 Å². The van der Waals surface area contributed by atoms with Crippen LogP contribution in [0.15, 0.2) is 23.2 Å². The lowest BCUT2D eigenvalue weighted by molar-refractivity contribution is 0.420. The van der Waals surface area contributed by atoms with Gasteiger partial charge in [0.1, 0.15) is 0 Å². The third-order valence-electron chi connectivity index (χ3n) is 4.06. The van der Waals surface area contributed by atoms with E-state index < -0.39 is 0 Å². The normalized spacial score (nSPS) is 20.1. The molecule has 18 heavy (non-hydrogen) atoms. The molecule has 2 aliphatic rings. The number of aliphatic imine (C=N–C) groups is 1. The molecule has 0 atom stereocenters. The summed E-state index contributed by atoms with van der Waals surface area (Å²) in [6.45, 7) is 0. The molecule has 3 N–H and O–H groups in total. The highest BCUT2D eigenvalue weighted by molar-refractivity contribution is 5.93. The number of rotatable bonds is 2. The smallest absolute Gasteiger partial charge is 0.193 e. The molecular weight excluding hydrogens is 222 g/mol. The van der Waals surface area contributed by atoms with Gasteiger partial charge in [-0.2, -0.15) is 0 Å². The quantitative estimate of drug-likeness (QED) is 0.620. The van der Waals surface area contributed by atoms with E-state index in [1.807, 2.05) is 0 Å². The van der Waals surface area contributed by atoms with Gasteiger partial charge in [0.25, 0.3) is 0 Å². The lowest BCUT2D eigenvalue weighted by atomic mass is 9.90. The Morgan fingerprint density at radius 2 is 2.00 bits per heavy atom. The largest absolute Gasteiger partial charge is 0.370 e. The number of nitrogens with two attached hydrogens (primary N) is 1. The van der Waals surface area contributed by atoms with Gasteiger partial charge in [-0.1, -0.05) is 12.1 Å². The molecule has 1 aromatic rings. The monoisotopic (exact) mass is 243 g/mol. The Labute approximate surface area is 108 Å². The van der Waals surface area contributed by atoms with Crippen molar-refractivity contribution in [2.45, 2.75) is 51.0 Å². The highest BCUT2D eigenvalue weighted by Crippen LogP contribution is 2.28. The first-order chi connectivity index (χ1) is 8.83. The number of aryl methyl sites for hydroxylation is 1. The van der Waals surface area contributed by atoms with Crippen molar-refractivity contribution >= 4 is 11.6 Å². The van der Waals surface area contributed by atoms with Crippen molar-refractivity contribution in [3.05, 3.63) is 29.3 Å². The number of fused-ring (bicyclic) bond motifs is 1. The van der Waals surface area contributed by atoms with E-state index in [1.54, 1.807) is 0 Å². The molecule has 0 amide bonds. The summed E-state index contributed by atoms with van der Waals surface area (Å²) in [5, 5.41) is 3.30. The van der Waals surface area contributed by atoms with Crippen LogP contribution in [0.3, 0.4) is 0 Å². The summed E-state index contributed by atoms with van der Waals surface area (Å²) < 4.78 is 0. The first-order valence-corrected chi connectivity index (χ1v) is 7.04. The minimum absolute atomic E-state index is 0.456. The fourth-order valence-corrected chi connectivity index (χ4v) is 2.78. The van der Waals surface area contributed by atoms with Crippen LogP contribution in [0.2, 0.25) is 0 Å². The van der Waals surface area contributed by atoms with Gasteiger partial charge in [-0.25, -0.2) is 4.99 Å². The number of hydrogen-bond donors (Lipinski definition) is 2. The second-order valence-corrected chi connectivity index (χ2v) is 5.37. The molecule has 0 aliphatic heterocycles. The number of hydrogen-bond acceptors (Lipinski definition) is 1. The van der Waals surface area contributed by atoms with E-state index in [4.69, 9.17) is 5.73 Å². The van der Waals surface area contributed by atoms with Crippen LogP contribution >= 0.6 is 0 Å². The Morgan fingerprint density at radius 3 is 2.78 bits per heavy atom. The molecule has 3 rings (SSSR count). The molecule has 0 heterocycles. The molecule has 0 aromatic heterocycles. The predicted octanol–water partition coefficient (Wildman–Crippen LogP) is 2.84. The molecule has 3 heteroatoms. The minimum atomic E-state index is 0.456. The fraction of sp³-hybridized carbons (Fsp3) is 0.533. The molecule has 96 valence electrons. The van der Waals surface area contributed by atoms with Crippen molar-refractivity contribution in [1.82, 2.24) is 0 Å². The van der Waals surface area contributed by atoms with Gasteiger partial charge in [0.05, 0.1) is 6.04 Å². The average molecular weight is 243 g/mol. The van der Waals surface area contributed by atoms with E-state index in [1.165, 1.54) is 49.7 Å². The van der Waals surface area contributed by atoms with Crippen LogP contribution in [0, 0.1) is 0 Å². The number of nitrogens with zero attached hydrogens (tertiary/aromatic N) is 1. The summed E-state index contributed by atoms with van der Waals surface area (Å²) in [4.78, 5) is 4.51. The van der Waals surface area contributed by atoms with Gasteiger partial charge in [-0.15, -0.1) is 0 Å². The summed E-state index contributed by atoms with van der Waals surface area (Å²) >= 11 is 0. The summed E-state index contributed by atoms with van der Waals surface area (Å²) in [6.07, 6.45) is 8.62. The zero-order valence-corrected chi connectivity index (χ0v) is 10.8. The van der Waals surface area contributed by atoms with Crippen molar-refractivity contribution in [1.29, 1.82) is 0 Å². The Bertz CT molecular complexity index is 461. The summed E-state index contributed by atoms with van der Waals surface area (Å²) in [6, 6.07) is 6.92. The maximum Gasteiger partial charge on any atom is 0.193 e. The Morgan fingerprint density at radius 1 is 1.17 bits per heavy atom. The lowest BCUT2D eigenvalue weighted by Crippen LogP contribution is -2.28. The van der Waals surface area contributed by atoms with Crippen molar-refractivity contribution < 1.29 is 0 Å². The van der Waals surface area contributed by atoms with Gasteiger partial charge >= 0.3 is 0 Å². The molecule has 0 radical (unpaired) electrons. The van der Waals surface area contributed by atoms with Crippen molar-refractivity contribution in [2.24, 2.45) is 10.7 Å². The second-order valence-electron chi connectivity index (χ2n) is 5.37. The number of benzene rings is 1. The van der Waals surface area contributed by atoms with Crippen LogP contribution < -0.4 is 11.1 Å². The van der Waals surface area contributed by atoms with Gasteiger partial charge in [0, 0.05) is 5.69 Å². The van der Waals surface area contributed by atoms with E-state index in [0.717, 1.165) is 12.1 Å². The maximum atomic E-state index is 5.99. The van der Waals surface area contributed by atoms with E-state index in [0.29, 0.717) is 12.0 Å². The third-order valence-corrected chi connectivity index (χ3v) is 4.06. The summed E-state index contributed by atoms with van der Waals surface area (Å²) in [7, 11) is 0. The molecule has 0 saturated heterocycles. The molecular formula is C15H21N3. The molecule has 0 unspecified atom stereocenters.